The van der Waals surface area contributed by atoms with E-state index in [1.807, 2.05) is 24.0 Å². The monoisotopic (exact) mass is 480 g/mol. The zero-order valence-corrected chi connectivity index (χ0v) is 20.8. The Kier molecular flexibility index (Phi) is 7.70. The summed E-state index contributed by atoms with van der Waals surface area (Å²) in [5.74, 6) is 0.769. The Morgan fingerprint density at radius 3 is 2.49 bits per heavy atom. The van der Waals surface area contributed by atoms with Crippen LogP contribution in [0.3, 0.4) is 0 Å². The molecule has 8 heteroatoms. The summed E-state index contributed by atoms with van der Waals surface area (Å²) in [6.07, 6.45) is 0.780. The number of piperazine rings is 1. The van der Waals surface area contributed by atoms with Gasteiger partial charge < -0.3 is 24.0 Å². The van der Waals surface area contributed by atoms with Crippen LogP contribution in [0.5, 0.6) is 5.75 Å². The molecular formula is C27H33FN4O3. The van der Waals surface area contributed by atoms with E-state index in [0.717, 1.165) is 43.7 Å². The van der Waals surface area contributed by atoms with Crippen LogP contribution in [0.1, 0.15) is 36.2 Å². The number of hydrogen-bond donors (Lipinski definition) is 0. The molecule has 35 heavy (non-hydrogen) atoms. The largest absolute Gasteiger partial charge is 0.496 e. The molecule has 1 saturated heterocycles. The fourth-order valence-corrected chi connectivity index (χ4v) is 4.33. The average Bonchev–Trinajstić information content (AvgIpc) is 3.30. The minimum atomic E-state index is -0.314. The number of likely N-dealkylation sites (N-methyl/N-ethyl adjacent to an activating group) is 1. The molecule has 0 bridgehead atoms. The van der Waals surface area contributed by atoms with Gasteiger partial charge in [-0.05, 0) is 56.8 Å². The van der Waals surface area contributed by atoms with Gasteiger partial charge in [0.05, 0.1) is 24.8 Å². The van der Waals surface area contributed by atoms with Gasteiger partial charge in [0, 0.05) is 37.8 Å². The Morgan fingerprint density at radius 1 is 1.14 bits per heavy atom. The number of rotatable bonds is 8. The van der Waals surface area contributed by atoms with Gasteiger partial charge in [0.15, 0.2) is 0 Å². The molecule has 0 unspecified atom stereocenters. The normalized spacial score (nSPS) is 15.2. The molecule has 0 N–H and O–H groups in total. The molecule has 0 aliphatic carbocycles. The summed E-state index contributed by atoms with van der Waals surface area (Å²) in [6.45, 7) is 7.81. The van der Waals surface area contributed by atoms with Gasteiger partial charge in [0.1, 0.15) is 17.3 Å². The summed E-state index contributed by atoms with van der Waals surface area (Å²) in [6, 6.07) is 13.4. The highest BCUT2D eigenvalue weighted by Gasteiger charge is 2.30. The molecule has 2 aromatic carbocycles. The number of carbonyl (C=O) groups is 1. The Morgan fingerprint density at radius 2 is 1.83 bits per heavy atom. The van der Waals surface area contributed by atoms with Gasteiger partial charge >= 0.3 is 0 Å². The quantitative estimate of drug-likeness (QED) is 0.467. The number of carbonyl (C=O) groups excluding carboxylic acids is 1. The fourth-order valence-electron chi connectivity index (χ4n) is 4.33. The molecule has 186 valence electrons. The van der Waals surface area contributed by atoms with E-state index >= 15 is 0 Å². The second-order valence-corrected chi connectivity index (χ2v) is 9.00. The van der Waals surface area contributed by atoms with E-state index in [9.17, 15) is 9.18 Å². The lowest BCUT2D eigenvalue weighted by Crippen LogP contribution is -2.45. The van der Waals surface area contributed by atoms with Gasteiger partial charge in [-0.3, -0.25) is 4.79 Å². The molecule has 1 aliphatic heterocycles. The van der Waals surface area contributed by atoms with Crippen LogP contribution >= 0.6 is 0 Å². The van der Waals surface area contributed by atoms with Crippen LogP contribution in [0.25, 0.3) is 11.3 Å². The van der Waals surface area contributed by atoms with Gasteiger partial charge in [0.2, 0.25) is 5.88 Å². The van der Waals surface area contributed by atoms with E-state index in [-0.39, 0.29) is 17.8 Å². The van der Waals surface area contributed by atoms with Crippen LogP contribution in [0.4, 0.5) is 10.3 Å². The summed E-state index contributed by atoms with van der Waals surface area (Å²) in [7, 11) is 3.66. The molecule has 0 spiro atoms. The van der Waals surface area contributed by atoms with Crippen LogP contribution < -0.4 is 9.64 Å². The van der Waals surface area contributed by atoms with E-state index in [0.29, 0.717) is 29.4 Å². The Balaban J connectivity index is 1.76. The lowest BCUT2D eigenvalue weighted by Gasteiger charge is -2.34. The molecule has 2 heterocycles. The van der Waals surface area contributed by atoms with Crippen LogP contribution in [-0.4, -0.2) is 67.2 Å². The minimum absolute atomic E-state index is 0.0382. The number of ether oxygens (including phenoxy) is 1. The molecule has 1 amide bonds. The number of methoxy groups -OCH3 is 1. The number of halogens is 1. The molecule has 3 aromatic rings. The third kappa shape index (κ3) is 5.32. The van der Waals surface area contributed by atoms with Gasteiger partial charge in [-0.2, -0.15) is 0 Å². The third-order valence-electron chi connectivity index (χ3n) is 6.73. The number of para-hydroxylation sites is 1. The number of nitrogens with zero attached hydrogens (tertiary/aromatic N) is 4. The first kappa shape index (κ1) is 24.7. The van der Waals surface area contributed by atoms with E-state index in [2.05, 4.69) is 28.9 Å². The van der Waals surface area contributed by atoms with Crippen molar-refractivity contribution in [3.8, 4) is 17.0 Å². The maximum absolute atomic E-state index is 13.8. The summed E-state index contributed by atoms with van der Waals surface area (Å²) >= 11 is 0. The Hall–Kier alpha value is -3.39. The number of hydrogen-bond acceptors (Lipinski definition) is 6. The van der Waals surface area contributed by atoms with Crippen molar-refractivity contribution in [3.63, 3.8) is 0 Å². The number of anilines is 1. The highest BCUT2D eigenvalue weighted by Crippen LogP contribution is 2.34. The van der Waals surface area contributed by atoms with Gasteiger partial charge in [-0.1, -0.05) is 24.2 Å². The van der Waals surface area contributed by atoms with Crippen molar-refractivity contribution in [2.75, 3.05) is 45.2 Å². The van der Waals surface area contributed by atoms with E-state index in [4.69, 9.17) is 9.26 Å². The van der Waals surface area contributed by atoms with Crippen LogP contribution in [0.2, 0.25) is 0 Å². The van der Waals surface area contributed by atoms with Crippen LogP contribution in [0.15, 0.2) is 53.1 Å². The molecule has 1 aromatic heterocycles. The summed E-state index contributed by atoms with van der Waals surface area (Å²) < 4.78 is 25.0. The number of aromatic nitrogens is 1. The van der Waals surface area contributed by atoms with Crippen molar-refractivity contribution < 1.29 is 18.4 Å². The maximum Gasteiger partial charge on any atom is 0.258 e. The predicted octanol–water partition coefficient (Wildman–Crippen LogP) is 4.68. The smallest absolute Gasteiger partial charge is 0.258 e. The standard InChI is InChI=1S/C27H33FN4O3/c1-5-19(2)32(26(33)22-8-6-7-9-24(22)34-4)18-23-25(20-10-12-21(28)13-11-20)29-35-27(23)31-16-14-30(3)15-17-31/h6-13,19H,5,14-18H2,1-4H3/t19-/m0/s1. The Labute approximate surface area is 206 Å². The number of benzene rings is 2. The zero-order valence-electron chi connectivity index (χ0n) is 20.8. The summed E-state index contributed by atoms with van der Waals surface area (Å²) in [4.78, 5) is 20.1. The third-order valence-corrected chi connectivity index (χ3v) is 6.73. The van der Waals surface area contributed by atoms with Gasteiger partial charge in [0.25, 0.3) is 5.91 Å². The van der Waals surface area contributed by atoms with Crippen molar-refractivity contribution in [2.45, 2.75) is 32.9 Å². The highest BCUT2D eigenvalue weighted by atomic mass is 19.1. The molecule has 0 radical (unpaired) electrons. The van der Waals surface area contributed by atoms with Gasteiger partial charge in [-0.15, -0.1) is 0 Å². The second kappa shape index (κ2) is 10.9. The topological polar surface area (TPSA) is 62.1 Å². The first-order valence-corrected chi connectivity index (χ1v) is 12.0. The second-order valence-electron chi connectivity index (χ2n) is 9.00. The lowest BCUT2D eigenvalue weighted by atomic mass is 10.0. The fraction of sp³-hybridized carbons (Fsp3) is 0.407. The SMILES string of the molecule is CC[C@H](C)N(Cc1c(-c2ccc(F)cc2)noc1N1CCN(C)CC1)C(=O)c1ccccc1OC. The predicted molar refractivity (Wildman–Crippen MR) is 134 cm³/mol. The molecule has 0 saturated carbocycles. The van der Waals surface area contributed by atoms with Crippen molar-refractivity contribution >= 4 is 11.8 Å². The van der Waals surface area contributed by atoms with Crippen molar-refractivity contribution in [1.29, 1.82) is 0 Å². The number of amides is 1. The molecule has 1 fully saturated rings. The van der Waals surface area contributed by atoms with Crippen LogP contribution in [0, 0.1) is 5.82 Å². The first-order valence-electron chi connectivity index (χ1n) is 12.0. The van der Waals surface area contributed by atoms with E-state index < -0.39 is 0 Å². The maximum atomic E-state index is 13.8. The zero-order chi connectivity index (χ0) is 24.9. The summed E-state index contributed by atoms with van der Waals surface area (Å²) in [5, 5.41) is 4.40. The Bertz CT molecular complexity index is 1140. The average molecular weight is 481 g/mol. The molecule has 1 aliphatic rings. The minimum Gasteiger partial charge on any atom is -0.496 e. The van der Waals surface area contributed by atoms with Crippen molar-refractivity contribution in [2.24, 2.45) is 0 Å². The molecular weight excluding hydrogens is 447 g/mol. The molecule has 7 nitrogen and oxygen atoms in total. The van der Waals surface area contributed by atoms with Gasteiger partial charge in [-0.25, -0.2) is 4.39 Å². The highest BCUT2D eigenvalue weighted by molar-refractivity contribution is 5.97. The van der Waals surface area contributed by atoms with Crippen molar-refractivity contribution in [3.05, 3.63) is 65.5 Å². The van der Waals surface area contributed by atoms with E-state index in [1.54, 1.807) is 31.4 Å². The van der Waals surface area contributed by atoms with Crippen LogP contribution in [-0.2, 0) is 6.54 Å². The first-order chi connectivity index (χ1) is 16.9. The molecule has 4 rings (SSSR count). The van der Waals surface area contributed by atoms with E-state index in [1.165, 1.54) is 12.1 Å². The van der Waals surface area contributed by atoms with Crippen molar-refractivity contribution in [1.82, 2.24) is 15.0 Å². The summed E-state index contributed by atoms with van der Waals surface area (Å²) in [5.41, 5.74) is 2.71. The molecule has 1 atom stereocenters. The lowest BCUT2D eigenvalue weighted by molar-refractivity contribution is 0.0668.